The van der Waals surface area contributed by atoms with Gasteiger partial charge in [0, 0.05) is 38.5 Å². The van der Waals surface area contributed by atoms with Crippen molar-refractivity contribution in [2.45, 2.75) is 5.41 Å². The standard InChI is InChI=1S/C51H32N2/c1-3-15-35(16-4-1)31-32-51(36-17-5-2-6-18-36)45-23-11-7-19-39(45)40-29-27-38(34-46(40)51)53-49-26-14-10-22-43(49)44-33-37(28-30-50(44)53)52-47-24-12-8-20-41(47)42-21-9-13-25-48(42)52/h1-30,33-34H. The molecule has 0 saturated carbocycles. The maximum Gasteiger partial charge on any atom is 0.108 e. The first-order valence-corrected chi connectivity index (χ1v) is 18.2. The summed E-state index contributed by atoms with van der Waals surface area (Å²) in [7, 11) is 0. The normalized spacial score (nSPS) is 14.7. The fourth-order valence-corrected chi connectivity index (χ4v) is 8.88. The lowest BCUT2D eigenvalue weighted by Gasteiger charge is -2.28. The van der Waals surface area contributed by atoms with Crippen LogP contribution in [0, 0.1) is 11.8 Å². The summed E-state index contributed by atoms with van der Waals surface area (Å²) in [6.07, 6.45) is 0. The van der Waals surface area contributed by atoms with Crippen LogP contribution < -0.4 is 0 Å². The van der Waals surface area contributed by atoms with E-state index in [9.17, 15) is 0 Å². The molecule has 1 aliphatic carbocycles. The molecular formula is C51H32N2. The quantitative estimate of drug-likeness (QED) is 0.165. The first-order chi connectivity index (χ1) is 26.3. The minimum absolute atomic E-state index is 0.651. The summed E-state index contributed by atoms with van der Waals surface area (Å²) >= 11 is 0. The molecule has 2 aromatic heterocycles. The van der Waals surface area contributed by atoms with Crippen LogP contribution in [-0.4, -0.2) is 9.13 Å². The molecule has 10 aromatic rings. The zero-order valence-electron chi connectivity index (χ0n) is 28.9. The highest BCUT2D eigenvalue weighted by molar-refractivity contribution is 6.12. The Balaban J connectivity index is 1.17. The first-order valence-electron chi connectivity index (χ1n) is 18.2. The van der Waals surface area contributed by atoms with Gasteiger partial charge >= 0.3 is 0 Å². The molecule has 0 radical (unpaired) electrons. The van der Waals surface area contributed by atoms with Crippen LogP contribution in [0.5, 0.6) is 0 Å². The van der Waals surface area contributed by atoms with Gasteiger partial charge in [0.1, 0.15) is 5.41 Å². The Morgan fingerprint density at radius 3 is 1.53 bits per heavy atom. The SMILES string of the molecule is C(#CC1(c2ccccc2)c2ccccc2-c2ccc(-n3c4ccccc4c4cc(-n5c6ccccc6c6ccccc65)ccc43)cc21)c1ccccc1. The predicted molar refractivity (Wildman–Crippen MR) is 220 cm³/mol. The second-order valence-electron chi connectivity index (χ2n) is 13.9. The van der Waals surface area contributed by atoms with Crippen molar-refractivity contribution < 1.29 is 0 Å². The van der Waals surface area contributed by atoms with Crippen LogP contribution in [-0.2, 0) is 5.41 Å². The third-order valence-corrected chi connectivity index (χ3v) is 11.2. The van der Waals surface area contributed by atoms with Gasteiger partial charge in [-0.15, -0.1) is 0 Å². The Labute approximate surface area is 307 Å². The van der Waals surface area contributed by atoms with Crippen molar-refractivity contribution >= 4 is 43.6 Å². The summed E-state index contributed by atoms with van der Waals surface area (Å²) in [5, 5.41) is 4.98. The summed E-state index contributed by atoms with van der Waals surface area (Å²) in [6, 6.07) is 70.1. The van der Waals surface area contributed by atoms with E-state index in [0.717, 1.165) is 16.9 Å². The third-order valence-electron chi connectivity index (χ3n) is 11.2. The third kappa shape index (κ3) is 4.29. The molecule has 2 nitrogen and oxygen atoms in total. The van der Waals surface area contributed by atoms with Gasteiger partial charge in [-0.05, 0) is 88.5 Å². The van der Waals surface area contributed by atoms with Gasteiger partial charge in [0.05, 0.1) is 22.1 Å². The first kappa shape index (κ1) is 29.6. The maximum absolute atomic E-state index is 3.88. The molecule has 0 amide bonds. The van der Waals surface area contributed by atoms with E-state index in [1.54, 1.807) is 0 Å². The Morgan fingerprint density at radius 1 is 0.358 bits per heavy atom. The van der Waals surface area contributed by atoms with Crippen LogP contribution in [0.25, 0.3) is 66.1 Å². The van der Waals surface area contributed by atoms with E-state index in [-0.39, 0.29) is 0 Å². The Morgan fingerprint density at radius 2 is 0.849 bits per heavy atom. The van der Waals surface area contributed by atoms with E-state index in [1.807, 2.05) is 6.07 Å². The van der Waals surface area contributed by atoms with Crippen LogP contribution in [0.15, 0.2) is 194 Å². The Bertz CT molecular complexity index is 3060. The van der Waals surface area contributed by atoms with E-state index in [2.05, 4.69) is 209 Å². The predicted octanol–water partition coefficient (Wildman–Crippen LogP) is 12.2. The lowest BCUT2D eigenvalue weighted by atomic mass is 9.73. The number of hydrogen-bond acceptors (Lipinski definition) is 0. The van der Waals surface area contributed by atoms with Crippen molar-refractivity contribution in [3.8, 4) is 34.3 Å². The van der Waals surface area contributed by atoms with Gasteiger partial charge in [-0.25, -0.2) is 0 Å². The van der Waals surface area contributed by atoms with Crippen molar-refractivity contribution in [3.63, 3.8) is 0 Å². The van der Waals surface area contributed by atoms with Crippen molar-refractivity contribution in [2.24, 2.45) is 0 Å². The summed E-state index contributed by atoms with van der Waals surface area (Å²) in [4.78, 5) is 0. The monoisotopic (exact) mass is 672 g/mol. The maximum atomic E-state index is 3.88. The summed E-state index contributed by atoms with van der Waals surface area (Å²) < 4.78 is 4.84. The number of nitrogens with zero attached hydrogens (tertiary/aromatic N) is 2. The number of aromatic nitrogens is 2. The number of fused-ring (bicyclic) bond motifs is 9. The largest absolute Gasteiger partial charge is 0.309 e. The van der Waals surface area contributed by atoms with E-state index >= 15 is 0 Å². The molecule has 0 bridgehead atoms. The Kier molecular flexibility index (Phi) is 6.41. The van der Waals surface area contributed by atoms with Crippen LogP contribution in [0.4, 0.5) is 0 Å². The van der Waals surface area contributed by atoms with Crippen molar-refractivity contribution in [3.05, 3.63) is 216 Å². The highest BCUT2D eigenvalue weighted by Crippen LogP contribution is 2.53. The number of rotatable bonds is 3. The highest BCUT2D eigenvalue weighted by Gasteiger charge is 2.44. The summed E-state index contributed by atoms with van der Waals surface area (Å²) in [5.41, 5.74) is 13.5. The average molecular weight is 673 g/mol. The van der Waals surface area contributed by atoms with Crippen LogP contribution in [0.1, 0.15) is 22.3 Å². The molecule has 1 unspecified atom stereocenters. The van der Waals surface area contributed by atoms with Crippen molar-refractivity contribution in [1.29, 1.82) is 0 Å². The molecule has 0 N–H and O–H groups in total. The highest BCUT2D eigenvalue weighted by atomic mass is 15.0. The molecule has 246 valence electrons. The summed E-state index contributed by atoms with van der Waals surface area (Å²) in [5.74, 6) is 7.48. The minimum atomic E-state index is -0.651. The molecule has 8 aromatic carbocycles. The second-order valence-corrected chi connectivity index (χ2v) is 13.9. The average Bonchev–Trinajstić information content (AvgIpc) is 3.84. The second kappa shape index (κ2) is 11.5. The molecule has 0 saturated heterocycles. The molecule has 1 atom stereocenters. The molecule has 1 aliphatic rings. The minimum Gasteiger partial charge on any atom is -0.309 e. The zero-order chi connectivity index (χ0) is 34.9. The fraction of sp³-hybridized carbons (Fsp3) is 0.0196. The fourth-order valence-electron chi connectivity index (χ4n) is 8.88. The molecule has 0 fully saturated rings. The van der Waals surface area contributed by atoms with E-state index in [4.69, 9.17) is 0 Å². The van der Waals surface area contributed by atoms with Gasteiger partial charge in [0.2, 0.25) is 0 Å². The van der Waals surface area contributed by atoms with Gasteiger partial charge in [-0.2, -0.15) is 0 Å². The number of benzene rings is 8. The number of hydrogen-bond donors (Lipinski definition) is 0. The lowest BCUT2D eigenvalue weighted by Crippen LogP contribution is -2.25. The van der Waals surface area contributed by atoms with Gasteiger partial charge in [0.15, 0.2) is 0 Å². The Hall–Kier alpha value is -7.08. The lowest BCUT2D eigenvalue weighted by molar-refractivity contribution is 0.835. The molecule has 0 spiro atoms. The molecule has 2 heteroatoms. The molecule has 53 heavy (non-hydrogen) atoms. The van der Waals surface area contributed by atoms with Gasteiger partial charge in [-0.3, -0.25) is 0 Å². The van der Waals surface area contributed by atoms with Gasteiger partial charge in [0.25, 0.3) is 0 Å². The van der Waals surface area contributed by atoms with E-state index < -0.39 is 5.41 Å². The van der Waals surface area contributed by atoms with Crippen LogP contribution in [0.3, 0.4) is 0 Å². The zero-order valence-corrected chi connectivity index (χ0v) is 28.9. The molecule has 2 heterocycles. The summed E-state index contributed by atoms with van der Waals surface area (Å²) in [6.45, 7) is 0. The van der Waals surface area contributed by atoms with E-state index in [1.165, 1.54) is 71.4 Å². The van der Waals surface area contributed by atoms with Gasteiger partial charge in [-0.1, -0.05) is 145 Å². The number of para-hydroxylation sites is 3. The molecule has 11 rings (SSSR count). The molecule has 0 aliphatic heterocycles. The topological polar surface area (TPSA) is 9.86 Å². The van der Waals surface area contributed by atoms with Gasteiger partial charge < -0.3 is 9.13 Å². The van der Waals surface area contributed by atoms with E-state index in [0.29, 0.717) is 0 Å². The van der Waals surface area contributed by atoms with Crippen LogP contribution in [0.2, 0.25) is 0 Å². The van der Waals surface area contributed by atoms with Crippen molar-refractivity contribution in [1.82, 2.24) is 9.13 Å². The van der Waals surface area contributed by atoms with Crippen molar-refractivity contribution in [2.75, 3.05) is 0 Å². The molecular weight excluding hydrogens is 641 g/mol. The smallest absolute Gasteiger partial charge is 0.108 e. The van der Waals surface area contributed by atoms with Crippen LogP contribution >= 0.6 is 0 Å².